The van der Waals surface area contributed by atoms with Gasteiger partial charge in [0.25, 0.3) is 0 Å². The molecule has 4 heteroatoms. The van der Waals surface area contributed by atoms with Crippen LogP contribution in [0.1, 0.15) is 6.92 Å². The quantitative estimate of drug-likeness (QED) is 0.276. The van der Waals surface area contributed by atoms with Gasteiger partial charge in [0, 0.05) is 0 Å². The van der Waals surface area contributed by atoms with Gasteiger partial charge in [0.05, 0.1) is 6.61 Å². The predicted octanol–water partition coefficient (Wildman–Crippen LogP) is 1.64. The van der Waals surface area contributed by atoms with Crippen LogP contribution in [-0.4, -0.2) is 19.5 Å². The average Bonchev–Trinajstić information content (AvgIpc) is 2.68. The first kappa shape index (κ1) is 18.7. The van der Waals surface area contributed by atoms with E-state index < -0.39 is 0 Å². The summed E-state index contributed by atoms with van der Waals surface area (Å²) in [4.78, 5) is 0. The number of hydrogen-bond donors (Lipinski definition) is 0. The topological polar surface area (TPSA) is 27.7 Å². The normalized spacial score (nSPS) is 11.7. The van der Waals surface area contributed by atoms with Gasteiger partial charge < -0.3 is 14.2 Å². The molecule has 3 aromatic carbocycles. The van der Waals surface area contributed by atoms with Gasteiger partial charge in [-0.2, -0.15) is 0 Å². The zero-order valence-corrected chi connectivity index (χ0v) is 16.8. The number of rotatable bonds is 9. The van der Waals surface area contributed by atoms with E-state index in [1.54, 1.807) is 0 Å². The summed E-state index contributed by atoms with van der Waals surface area (Å²) in [6, 6.07) is 28.6. The van der Waals surface area contributed by atoms with Crippen molar-refractivity contribution >= 4 is 0 Å². The molecule has 3 nitrogen and oxygen atoms in total. The van der Waals surface area contributed by atoms with Crippen LogP contribution in [0.15, 0.2) is 84.9 Å². The van der Waals surface area contributed by atoms with Gasteiger partial charge in [-0.15, -0.1) is 0 Å². The summed E-state index contributed by atoms with van der Waals surface area (Å²) in [6.45, 7) is 2.87. The minimum absolute atomic E-state index is 0.143. The van der Waals surface area contributed by atoms with Gasteiger partial charge in [-0.05, 0) is 55.5 Å². The van der Waals surface area contributed by atoms with E-state index in [4.69, 9.17) is 14.2 Å². The number of hydrogen-bond acceptors (Lipinski definition) is 3. The van der Waals surface area contributed by atoms with Crippen molar-refractivity contribution in [2.24, 2.45) is 0 Å². The van der Waals surface area contributed by atoms with Crippen LogP contribution in [0.4, 0.5) is 0 Å². The van der Waals surface area contributed by atoms with Gasteiger partial charge >= 0.3 is 21.2 Å². The number of benzene rings is 3. The standard InChI is InChI=1S/C22H22IO3/c1-18(24-16-17-25-21-10-6-3-7-11-21)26-22-14-12-20(13-15-22)23-19-8-4-2-5-9-19/h2-15,18H,16-17H2,1H3/q+1. The Balaban J connectivity index is 1.39. The molecule has 26 heavy (non-hydrogen) atoms. The van der Waals surface area contributed by atoms with Crippen molar-refractivity contribution in [2.45, 2.75) is 13.2 Å². The Morgan fingerprint density at radius 3 is 2.00 bits per heavy atom. The lowest BCUT2D eigenvalue weighted by Gasteiger charge is -2.15. The predicted molar refractivity (Wildman–Crippen MR) is 98.3 cm³/mol. The highest BCUT2D eigenvalue weighted by molar-refractivity contribution is 5.21. The lowest BCUT2D eigenvalue weighted by Crippen LogP contribution is -3.61. The molecule has 0 aliphatic rings. The molecule has 0 heterocycles. The van der Waals surface area contributed by atoms with Gasteiger partial charge in [0.1, 0.15) is 18.1 Å². The fourth-order valence-electron chi connectivity index (χ4n) is 2.30. The third-order valence-electron chi connectivity index (χ3n) is 3.51. The van der Waals surface area contributed by atoms with Crippen LogP contribution in [0.5, 0.6) is 11.5 Å². The van der Waals surface area contributed by atoms with Gasteiger partial charge in [-0.25, -0.2) is 0 Å². The van der Waals surface area contributed by atoms with Gasteiger partial charge in [-0.1, -0.05) is 36.4 Å². The molecule has 0 bridgehead atoms. The van der Waals surface area contributed by atoms with Crippen LogP contribution < -0.4 is 30.7 Å². The fourth-order valence-corrected chi connectivity index (χ4v) is 4.51. The summed E-state index contributed by atoms with van der Waals surface area (Å²) >= 11 is -0.143. The largest absolute Gasteiger partial charge is 0.491 e. The Hall–Kier alpha value is -2.05. The molecular formula is C22H22IO3+. The van der Waals surface area contributed by atoms with E-state index >= 15 is 0 Å². The second kappa shape index (κ2) is 10.2. The summed E-state index contributed by atoms with van der Waals surface area (Å²) in [5.41, 5.74) is 0. The second-order valence-electron chi connectivity index (χ2n) is 5.56. The van der Waals surface area contributed by atoms with E-state index in [9.17, 15) is 0 Å². The molecule has 1 unspecified atom stereocenters. The van der Waals surface area contributed by atoms with E-state index in [1.165, 1.54) is 7.14 Å². The highest BCUT2D eigenvalue weighted by atomic mass is 127. The van der Waals surface area contributed by atoms with E-state index in [-0.39, 0.29) is 27.5 Å². The number of ether oxygens (including phenoxy) is 3. The van der Waals surface area contributed by atoms with Crippen molar-refractivity contribution in [2.75, 3.05) is 13.2 Å². The molecule has 0 aliphatic heterocycles. The highest BCUT2D eigenvalue weighted by Gasteiger charge is 2.15. The lowest BCUT2D eigenvalue weighted by molar-refractivity contribution is -0.597. The van der Waals surface area contributed by atoms with Crippen LogP contribution in [0.3, 0.4) is 0 Å². The summed E-state index contributed by atoms with van der Waals surface area (Å²) in [5.74, 6) is 1.67. The molecule has 0 saturated heterocycles. The third kappa shape index (κ3) is 6.35. The summed E-state index contributed by atoms with van der Waals surface area (Å²) < 4.78 is 19.8. The molecular weight excluding hydrogens is 439 g/mol. The molecule has 0 amide bonds. The number of halogens is 1. The molecule has 0 aromatic heterocycles. The highest BCUT2D eigenvalue weighted by Crippen LogP contribution is 2.12. The van der Waals surface area contributed by atoms with Gasteiger partial charge in [-0.3, -0.25) is 0 Å². The van der Waals surface area contributed by atoms with Crippen molar-refractivity contribution in [3.63, 3.8) is 0 Å². The van der Waals surface area contributed by atoms with Crippen molar-refractivity contribution in [3.8, 4) is 11.5 Å². The minimum Gasteiger partial charge on any atom is -0.491 e. The Labute approximate surface area is 165 Å². The van der Waals surface area contributed by atoms with E-state index in [0.29, 0.717) is 13.2 Å². The van der Waals surface area contributed by atoms with Crippen LogP contribution in [0.25, 0.3) is 0 Å². The molecule has 0 N–H and O–H groups in total. The molecule has 134 valence electrons. The maximum atomic E-state index is 5.81. The maximum Gasteiger partial charge on any atom is 0.357 e. The molecule has 3 aromatic rings. The van der Waals surface area contributed by atoms with E-state index in [0.717, 1.165) is 11.5 Å². The van der Waals surface area contributed by atoms with Crippen LogP contribution in [0, 0.1) is 7.14 Å². The van der Waals surface area contributed by atoms with Gasteiger partial charge in [0.15, 0.2) is 13.4 Å². The zero-order valence-electron chi connectivity index (χ0n) is 14.7. The summed E-state index contributed by atoms with van der Waals surface area (Å²) in [5, 5.41) is 0. The van der Waals surface area contributed by atoms with Crippen molar-refractivity contribution in [1.29, 1.82) is 0 Å². The van der Waals surface area contributed by atoms with Crippen LogP contribution in [0.2, 0.25) is 0 Å². The minimum atomic E-state index is -0.316. The molecule has 1 atom stereocenters. The molecule has 0 saturated carbocycles. The Morgan fingerprint density at radius 1 is 0.692 bits per heavy atom. The Morgan fingerprint density at radius 2 is 1.31 bits per heavy atom. The Kier molecular flexibility index (Phi) is 7.34. The van der Waals surface area contributed by atoms with Crippen molar-refractivity contribution < 1.29 is 35.4 Å². The Bertz CT molecular complexity index is 760. The molecule has 3 rings (SSSR count). The first-order chi connectivity index (χ1) is 12.8. The summed E-state index contributed by atoms with van der Waals surface area (Å²) in [7, 11) is 0. The van der Waals surface area contributed by atoms with Crippen LogP contribution >= 0.6 is 0 Å². The van der Waals surface area contributed by atoms with E-state index in [1.807, 2.05) is 49.4 Å². The van der Waals surface area contributed by atoms with Crippen molar-refractivity contribution in [3.05, 3.63) is 92.1 Å². The second-order valence-corrected chi connectivity index (χ2v) is 8.59. The van der Waals surface area contributed by atoms with Crippen LogP contribution in [-0.2, 0) is 4.74 Å². The third-order valence-corrected chi connectivity index (χ3v) is 6.20. The van der Waals surface area contributed by atoms with Crippen molar-refractivity contribution in [1.82, 2.24) is 0 Å². The number of para-hydroxylation sites is 1. The summed E-state index contributed by atoms with van der Waals surface area (Å²) in [6.07, 6.45) is -0.316. The van der Waals surface area contributed by atoms with E-state index in [2.05, 4.69) is 42.5 Å². The van der Waals surface area contributed by atoms with Gasteiger partial charge in [0.2, 0.25) is 0 Å². The maximum absolute atomic E-state index is 5.81. The zero-order chi connectivity index (χ0) is 18.0. The smallest absolute Gasteiger partial charge is 0.357 e. The lowest BCUT2D eigenvalue weighted by atomic mass is 10.3. The first-order valence-electron chi connectivity index (χ1n) is 8.56. The SMILES string of the molecule is CC(OCCOc1ccccc1)Oc1ccc([I+]c2ccccc2)cc1. The first-order valence-corrected chi connectivity index (χ1v) is 10.7. The monoisotopic (exact) mass is 461 g/mol. The molecule has 0 fully saturated rings. The molecule has 0 radical (unpaired) electrons. The average molecular weight is 461 g/mol. The fraction of sp³-hybridized carbons (Fsp3) is 0.182. The molecule has 0 aliphatic carbocycles. The molecule has 0 spiro atoms.